The van der Waals surface area contributed by atoms with Gasteiger partial charge in [-0.2, -0.15) is 0 Å². The Balaban J connectivity index is 1.70. The van der Waals surface area contributed by atoms with Crippen molar-refractivity contribution in [1.82, 2.24) is 20.3 Å². The third-order valence-electron chi connectivity index (χ3n) is 4.10. The van der Waals surface area contributed by atoms with Crippen molar-refractivity contribution < 1.29 is 13.6 Å². The van der Waals surface area contributed by atoms with Crippen LogP contribution in [0.5, 0.6) is 0 Å². The molecule has 0 saturated carbocycles. The number of amides is 1. The molecule has 0 saturated heterocycles. The number of nitrogens with one attached hydrogen (secondary N) is 1. The molecule has 1 N–H and O–H groups in total. The predicted molar refractivity (Wildman–Crippen MR) is 92.4 cm³/mol. The lowest BCUT2D eigenvalue weighted by atomic mass is 10.0. The van der Waals surface area contributed by atoms with Gasteiger partial charge in [0.15, 0.2) is 5.69 Å². The molecule has 0 aliphatic carbocycles. The van der Waals surface area contributed by atoms with Crippen LogP contribution in [-0.4, -0.2) is 20.9 Å². The molecular weight excluding hydrogens is 338 g/mol. The average molecular weight is 356 g/mol. The maximum atomic E-state index is 13.6. The first-order valence-corrected chi connectivity index (χ1v) is 8.27. The minimum Gasteiger partial charge on any atom is -0.346 e. The van der Waals surface area contributed by atoms with Gasteiger partial charge >= 0.3 is 0 Å². The van der Waals surface area contributed by atoms with E-state index in [2.05, 4.69) is 15.6 Å². The van der Waals surface area contributed by atoms with E-state index in [9.17, 15) is 13.6 Å². The van der Waals surface area contributed by atoms with Gasteiger partial charge in [0.25, 0.3) is 5.91 Å². The summed E-state index contributed by atoms with van der Waals surface area (Å²) in [5, 5.41) is 10.5. The van der Waals surface area contributed by atoms with E-state index in [-0.39, 0.29) is 29.9 Å². The molecule has 26 heavy (non-hydrogen) atoms. The van der Waals surface area contributed by atoms with E-state index < -0.39 is 5.91 Å². The number of carbonyl (C=O) groups excluding carboxylic acids is 1. The van der Waals surface area contributed by atoms with Crippen molar-refractivity contribution >= 4 is 5.91 Å². The number of benzene rings is 2. The standard InChI is InChI=1S/C19H18F2N4O/c1-2-18(13-7-9-15(20)10-8-13)25-12-17(23-24-25)19(26)22-11-14-5-3-4-6-16(14)21/h3-10,12,18H,2,11H2,1H3,(H,22,26). The van der Waals surface area contributed by atoms with Gasteiger partial charge in [-0.15, -0.1) is 5.10 Å². The highest BCUT2D eigenvalue weighted by atomic mass is 19.1. The summed E-state index contributed by atoms with van der Waals surface area (Å²) in [6.07, 6.45) is 2.24. The third kappa shape index (κ3) is 3.93. The summed E-state index contributed by atoms with van der Waals surface area (Å²) >= 11 is 0. The lowest BCUT2D eigenvalue weighted by Gasteiger charge is -2.15. The van der Waals surface area contributed by atoms with Crippen LogP contribution in [0.4, 0.5) is 8.78 Å². The van der Waals surface area contributed by atoms with Crippen LogP contribution in [0, 0.1) is 11.6 Å². The van der Waals surface area contributed by atoms with E-state index in [1.165, 1.54) is 24.4 Å². The van der Waals surface area contributed by atoms with Crippen molar-refractivity contribution in [3.8, 4) is 0 Å². The molecule has 1 unspecified atom stereocenters. The van der Waals surface area contributed by atoms with E-state index in [1.54, 1.807) is 35.0 Å². The van der Waals surface area contributed by atoms with Gasteiger partial charge in [0.1, 0.15) is 11.6 Å². The lowest BCUT2D eigenvalue weighted by Crippen LogP contribution is -2.23. The Labute approximate surface area is 149 Å². The minimum absolute atomic E-state index is 0.0630. The minimum atomic E-state index is -0.437. The number of hydrogen-bond donors (Lipinski definition) is 1. The summed E-state index contributed by atoms with van der Waals surface area (Å²) in [5.74, 6) is -1.12. The first kappa shape index (κ1) is 17.7. The number of aromatic nitrogens is 3. The Kier molecular flexibility index (Phi) is 5.36. The van der Waals surface area contributed by atoms with Gasteiger partial charge in [0.2, 0.25) is 0 Å². The monoisotopic (exact) mass is 356 g/mol. The van der Waals surface area contributed by atoms with Crippen LogP contribution in [0.15, 0.2) is 54.7 Å². The van der Waals surface area contributed by atoms with Gasteiger partial charge < -0.3 is 5.32 Å². The SMILES string of the molecule is CCC(c1ccc(F)cc1)n1cc(C(=O)NCc2ccccc2F)nn1. The lowest BCUT2D eigenvalue weighted by molar-refractivity contribution is 0.0945. The van der Waals surface area contributed by atoms with Crippen LogP contribution in [0.1, 0.15) is 41.0 Å². The molecule has 7 heteroatoms. The Morgan fingerprint density at radius 3 is 2.58 bits per heavy atom. The van der Waals surface area contributed by atoms with Crippen LogP contribution in [0.3, 0.4) is 0 Å². The highest BCUT2D eigenvalue weighted by Crippen LogP contribution is 2.21. The van der Waals surface area contributed by atoms with E-state index in [0.29, 0.717) is 12.0 Å². The van der Waals surface area contributed by atoms with Gasteiger partial charge in [0.05, 0.1) is 12.2 Å². The van der Waals surface area contributed by atoms with Crippen LogP contribution in [0.25, 0.3) is 0 Å². The highest BCUT2D eigenvalue weighted by Gasteiger charge is 2.17. The predicted octanol–water partition coefficient (Wildman–Crippen LogP) is 3.49. The Hall–Kier alpha value is -3.09. The molecule has 3 aromatic rings. The van der Waals surface area contributed by atoms with Crippen molar-refractivity contribution in [2.75, 3.05) is 0 Å². The van der Waals surface area contributed by atoms with Crippen molar-refractivity contribution in [2.24, 2.45) is 0 Å². The molecule has 0 fully saturated rings. The van der Waals surface area contributed by atoms with Crippen molar-refractivity contribution in [3.05, 3.63) is 83.2 Å². The Morgan fingerprint density at radius 1 is 1.15 bits per heavy atom. The first-order chi connectivity index (χ1) is 12.6. The maximum absolute atomic E-state index is 13.6. The summed E-state index contributed by atoms with van der Waals surface area (Å²) < 4.78 is 28.3. The van der Waals surface area contributed by atoms with Gasteiger partial charge in [-0.1, -0.05) is 42.5 Å². The number of rotatable bonds is 6. The summed E-state index contributed by atoms with van der Waals surface area (Å²) in [7, 11) is 0. The summed E-state index contributed by atoms with van der Waals surface area (Å²) in [5.41, 5.74) is 1.41. The van der Waals surface area contributed by atoms with Gasteiger partial charge in [0, 0.05) is 12.1 Å². The summed E-state index contributed by atoms with van der Waals surface area (Å²) in [4.78, 5) is 12.2. The van der Waals surface area contributed by atoms with E-state index in [1.807, 2.05) is 6.92 Å². The van der Waals surface area contributed by atoms with Crippen molar-refractivity contribution in [2.45, 2.75) is 25.9 Å². The van der Waals surface area contributed by atoms with Gasteiger partial charge in [-0.05, 0) is 30.2 Å². The van der Waals surface area contributed by atoms with Crippen molar-refractivity contribution in [3.63, 3.8) is 0 Å². The van der Waals surface area contributed by atoms with Crippen LogP contribution < -0.4 is 5.32 Å². The van der Waals surface area contributed by atoms with Crippen LogP contribution >= 0.6 is 0 Å². The smallest absolute Gasteiger partial charge is 0.273 e. The Bertz CT molecular complexity index is 893. The first-order valence-electron chi connectivity index (χ1n) is 8.27. The van der Waals surface area contributed by atoms with E-state index >= 15 is 0 Å². The zero-order valence-electron chi connectivity index (χ0n) is 14.2. The molecule has 0 bridgehead atoms. The van der Waals surface area contributed by atoms with E-state index in [4.69, 9.17) is 0 Å². The van der Waals surface area contributed by atoms with Gasteiger partial charge in [-0.3, -0.25) is 4.79 Å². The molecule has 0 aliphatic rings. The molecule has 3 rings (SSSR count). The molecule has 0 spiro atoms. The fourth-order valence-electron chi connectivity index (χ4n) is 2.70. The molecule has 5 nitrogen and oxygen atoms in total. The number of nitrogens with zero attached hydrogens (tertiary/aromatic N) is 3. The average Bonchev–Trinajstić information content (AvgIpc) is 3.13. The molecule has 0 radical (unpaired) electrons. The molecule has 1 atom stereocenters. The molecule has 0 aliphatic heterocycles. The number of carbonyl (C=O) groups is 1. The topological polar surface area (TPSA) is 59.8 Å². The molecule has 134 valence electrons. The largest absolute Gasteiger partial charge is 0.346 e. The molecule has 2 aromatic carbocycles. The van der Waals surface area contributed by atoms with Crippen LogP contribution in [-0.2, 0) is 6.54 Å². The highest BCUT2D eigenvalue weighted by molar-refractivity contribution is 5.91. The quantitative estimate of drug-likeness (QED) is 0.736. The summed E-state index contributed by atoms with van der Waals surface area (Å²) in [6.45, 7) is 2.03. The van der Waals surface area contributed by atoms with Crippen molar-refractivity contribution in [1.29, 1.82) is 0 Å². The second-order valence-electron chi connectivity index (χ2n) is 5.83. The molecule has 1 amide bonds. The van der Waals surface area contributed by atoms with Crippen LogP contribution in [0.2, 0.25) is 0 Å². The normalized spacial score (nSPS) is 12.0. The number of hydrogen-bond acceptors (Lipinski definition) is 3. The molecule has 1 aromatic heterocycles. The summed E-state index contributed by atoms with van der Waals surface area (Å²) in [6, 6.07) is 12.2. The van der Waals surface area contributed by atoms with Gasteiger partial charge in [-0.25, -0.2) is 13.5 Å². The maximum Gasteiger partial charge on any atom is 0.273 e. The Morgan fingerprint density at radius 2 is 1.88 bits per heavy atom. The molecular formula is C19H18F2N4O. The number of halogens is 2. The second-order valence-corrected chi connectivity index (χ2v) is 5.83. The zero-order valence-corrected chi connectivity index (χ0v) is 14.2. The fraction of sp³-hybridized carbons (Fsp3) is 0.211. The zero-order chi connectivity index (χ0) is 18.5. The molecule has 1 heterocycles. The van der Waals surface area contributed by atoms with E-state index in [0.717, 1.165) is 5.56 Å². The fourth-order valence-corrected chi connectivity index (χ4v) is 2.70. The second kappa shape index (κ2) is 7.86. The third-order valence-corrected chi connectivity index (χ3v) is 4.10.